The fourth-order valence-electron chi connectivity index (χ4n) is 1.22. The third-order valence-electron chi connectivity index (χ3n) is 2.23. The summed E-state index contributed by atoms with van der Waals surface area (Å²) in [5.74, 6) is -0.951. The Labute approximate surface area is 102 Å². The lowest BCUT2D eigenvalue weighted by atomic mass is 10.1. The molecule has 0 saturated heterocycles. The molecular formula is C10H11F3O4S. The standard InChI is InChI=1S/C10H11F3O4S/c1-17-8-4-2-7(3-5-8)9(14)6-18(15,16)10(11,12)13/h2-5,9,14H,6H2,1H3/t9-/m1/s1. The average Bonchev–Trinajstić information content (AvgIpc) is 2.27. The van der Waals surface area contributed by atoms with E-state index in [1.54, 1.807) is 0 Å². The molecule has 1 N–H and O–H groups in total. The van der Waals surface area contributed by atoms with Crippen LogP contribution in [-0.4, -0.2) is 31.9 Å². The van der Waals surface area contributed by atoms with Crippen LogP contribution in [0.25, 0.3) is 0 Å². The molecule has 0 aliphatic rings. The number of aliphatic hydroxyl groups excluding tert-OH is 1. The molecule has 0 bridgehead atoms. The summed E-state index contributed by atoms with van der Waals surface area (Å²) in [7, 11) is -3.94. The van der Waals surface area contributed by atoms with Crippen LogP contribution >= 0.6 is 0 Å². The maximum absolute atomic E-state index is 12.1. The highest BCUT2D eigenvalue weighted by atomic mass is 32.2. The van der Waals surface area contributed by atoms with Crippen LogP contribution in [-0.2, 0) is 9.84 Å². The van der Waals surface area contributed by atoms with Gasteiger partial charge in [-0.25, -0.2) is 8.42 Å². The Morgan fingerprint density at radius 1 is 1.28 bits per heavy atom. The first kappa shape index (κ1) is 14.8. The van der Waals surface area contributed by atoms with Gasteiger partial charge < -0.3 is 9.84 Å². The van der Waals surface area contributed by atoms with Crippen LogP contribution in [0.2, 0.25) is 0 Å². The van der Waals surface area contributed by atoms with Gasteiger partial charge in [0.1, 0.15) is 5.75 Å². The molecule has 0 unspecified atom stereocenters. The molecule has 8 heteroatoms. The van der Waals surface area contributed by atoms with Crippen molar-refractivity contribution in [2.75, 3.05) is 12.9 Å². The number of alkyl halides is 3. The van der Waals surface area contributed by atoms with Crippen molar-refractivity contribution in [2.45, 2.75) is 11.6 Å². The van der Waals surface area contributed by atoms with Gasteiger partial charge in [0.2, 0.25) is 0 Å². The summed E-state index contributed by atoms with van der Waals surface area (Å²) in [4.78, 5) is 0. The topological polar surface area (TPSA) is 63.6 Å². The molecule has 1 aromatic rings. The molecule has 4 nitrogen and oxygen atoms in total. The van der Waals surface area contributed by atoms with Gasteiger partial charge in [0, 0.05) is 0 Å². The monoisotopic (exact) mass is 284 g/mol. The number of rotatable bonds is 4. The zero-order valence-corrected chi connectivity index (χ0v) is 10.1. The second-order valence-corrected chi connectivity index (χ2v) is 5.54. The summed E-state index contributed by atoms with van der Waals surface area (Å²) in [5.41, 5.74) is -5.29. The summed E-state index contributed by atoms with van der Waals surface area (Å²) in [6, 6.07) is 5.43. The molecule has 0 radical (unpaired) electrons. The third-order valence-corrected chi connectivity index (χ3v) is 3.69. The fraction of sp³-hybridized carbons (Fsp3) is 0.400. The molecule has 1 rings (SSSR count). The molecule has 1 aromatic carbocycles. The van der Waals surface area contributed by atoms with E-state index in [9.17, 15) is 26.7 Å². The normalized spacial score (nSPS) is 14.3. The smallest absolute Gasteiger partial charge is 0.497 e. The Hall–Kier alpha value is -1.28. The molecule has 18 heavy (non-hydrogen) atoms. The summed E-state index contributed by atoms with van der Waals surface area (Å²) in [6.07, 6.45) is -1.73. The number of sulfone groups is 1. The molecular weight excluding hydrogens is 273 g/mol. The van der Waals surface area contributed by atoms with E-state index in [2.05, 4.69) is 0 Å². The highest BCUT2D eigenvalue weighted by Crippen LogP contribution is 2.28. The Kier molecular flexibility index (Phi) is 4.23. The number of halogens is 3. The number of methoxy groups -OCH3 is 1. The van der Waals surface area contributed by atoms with Gasteiger partial charge in [-0.3, -0.25) is 0 Å². The Morgan fingerprint density at radius 3 is 2.17 bits per heavy atom. The predicted molar refractivity (Wildman–Crippen MR) is 57.8 cm³/mol. The Bertz CT molecular complexity index is 493. The highest BCUT2D eigenvalue weighted by Gasteiger charge is 2.46. The third kappa shape index (κ3) is 3.36. The number of aliphatic hydroxyl groups is 1. The van der Waals surface area contributed by atoms with Crippen LogP contribution in [0.1, 0.15) is 11.7 Å². The van der Waals surface area contributed by atoms with Crippen LogP contribution in [0, 0.1) is 0 Å². The molecule has 0 aliphatic heterocycles. The van der Waals surface area contributed by atoms with Crippen LogP contribution in [0.15, 0.2) is 24.3 Å². The lowest BCUT2D eigenvalue weighted by Gasteiger charge is -2.13. The van der Waals surface area contributed by atoms with Gasteiger partial charge in [-0.15, -0.1) is 0 Å². The van der Waals surface area contributed by atoms with Crippen LogP contribution < -0.4 is 4.74 Å². The van der Waals surface area contributed by atoms with E-state index >= 15 is 0 Å². The van der Waals surface area contributed by atoms with Gasteiger partial charge in [0.05, 0.1) is 19.0 Å². The van der Waals surface area contributed by atoms with Crippen molar-refractivity contribution < 1.29 is 31.4 Å². The number of benzene rings is 1. The molecule has 0 amide bonds. The summed E-state index contributed by atoms with van der Waals surface area (Å²) >= 11 is 0. The minimum Gasteiger partial charge on any atom is -0.497 e. The van der Waals surface area contributed by atoms with Gasteiger partial charge in [-0.05, 0) is 17.7 Å². The first-order valence-corrected chi connectivity index (χ1v) is 6.43. The molecule has 0 heterocycles. The zero-order valence-electron chi connectivity index (χ0n) is 9.31. The van der Waals surface area contributed by atoms with Crippen molar-refractivity contribution in [1.29, 1.82) is 0 Å². The second-order valence-electron chi connectivity index (χ2n) is 3.52. The number of ether oxygens (including phenoxy) is 1. The molecule has 0 aliphatic carbocycles. The molecule has 0 aromatic heterocycles. The van der Waals surface area contributed by atoms with Crippen molar-refractivity contribution in [2.24, 2.45) is 0 Å². The van der Waals surface area contributed by atoms with Crippen molar-refractivity contribution in [3.8, 4) is 5.75 Å². The van der Waals surface area contributed by atoms with E-state index in [1.807, 2.05) is 0 Å². The minimum absolute atomic E-state index is 0.0728. The molecule has 1 atom stereocenters. The average molecular weight is 284 g/mol. The highest BCUT2D eigenvalue weighted by molar-refractivity contribution is 7.92. The first-order valence-electron chi connectivity index (χ1n) is 4.78. The van der Waals surface area contributed by atoms with Crippen molar-refractivity contribution >= 4 is 9.84 Å². The summed E-state index contributed by atoms with van der Waals surface area (Å²) < 4.78 is 62.9. The quantitative estimate of drug-likeness (QED) is 0.913. The van der Waals surface area contributed by atoms with Crippen molar-refractivity contribution in [1.82, 2.24) is 0 Å². The Morgan fingerprint density at radius 2 is 1.78 bits per heavy atom. The summed E-state index contributed by atoms with van der Waals surface area (Å²) in [6.45, 7) is 0. The molecule has 0 spiro atoms. The van der Waals surface area contributed by atoms with E-state index in [0.717, 1.165) is 0 Å². The molecule has 102 valence electrons. The lowest BCUT2D eigenvalue weighted by molar-refractivity contribution is -0.0444. The number of hydrogen-bond donors (Lipinski definition) is 1. The Balaban J connectivity index is 2.86. The van der Waals surface area contributed by atoms with Gasteiger partial charge in [-0.1, -0.05) is 12.1 Å². The van der Waals surface area contributed by atoms with E-state index in [0.29, 0.717) is 5.75 Å². The van der Waals surface area contributed by atoms with Crippen molar-refractivity contribution in [3.63, 3.8) is 0 Å². The van der Waals surface area contributed by atoms with Gasteiger partial charge >= 0.3 is 5.51 Å². The minimum atomic E-state index is -5.36. The van der Waals surface area contributed by atoms with E-state index < -0.39 is 27.2 Å². The number of hydrogen-bond acceptors (Lipinski definition) is 4. The molecule has 0 saturated carbocycles. The van der Waals surface area contributed by atoms with Gasteiger partial charge in [-0.2, -0.15) is 13.2 Å². The van der Waals surface area contributed by atoms with Crippen LogP contribution in [0.3, 0.4) is 0 Å². The predicted octanol–water partition coefficient (Wildman–Crippen LogP) is 1.66. The van der Waals surface area contributed by atoms with Crippen LogP contribution in [0.5, 0.6) is 5.75 Å². The largest absolute Gasteiger partial charge is 0.497 e. The van der Waals surface area contributed by atoms with E-state index in [-0.39, 0.29) is 5.56 Å². The van der Waals surface area contributed by atoms with E-state index in [1.165, 1.54) is 31.4 Å². The fourth-order valence-corrected chi connectivity index (χ4v) is 2.02. The van der Waals surface area contributed by atoms with E-state index in [4.69, 9.17) is 4.74 Å². The lowest BCUT2D eigenvalue weighted by Crippen LogP contribution is -2.29. The maximum atomic E-state index is 12.1. The van der Waals surface area contributed by atoms with Gasteiger partial charge in [0.15, 0.2) is 0 Å². The zero-order chi connectivity index (χ0) is 14.0. The molecule has 0 fully saturated rings. The van der Waals surface area contributed by atoms with Gasteiger partial charge in [0.25, 0.3) is 9.84 Å². The SMILES string of the molecule is COc1ccc([C@H](O)CS(=O)(=O)C(F)(F)F)cc1. The first-order chi connectivity index (χ1) is 8.17. The van der Waals surface area contributed by atoms with Crippen molar-refractivity contribution in [3.05, 3.63) is 29.8 Å². The second kappa shape index (κ2) is 5.15. The van der Waals surface area contributed by atoms with Crippen LogP contribution in [0.4, 0.5) is 13.2 Å². The summed E-state index contributed by atoms with van der Waals surface area (Å²) in [5, 5.41) is 9.46. The maximum Gasteiger partial charge on any atom is 0.497 e.